The van der Waals surface area contributed by atoms with Crippen molar-refractivity contribution in [2.45, 2.75) is 46.1 Å². The fraction of sp³-hybridized carbons (Fsp3) is 0.846. The fourth-order valence-electron chi connectivity index (χ4n) is 2.67. The Balaban J connectivity index is 2.25. The van der Waals surface area contributed by atoms with E-state index in [9.17, 15) is 9.59 Å². The summed E-state index contributed by atoms with van der Waals surface area (Å²) in [7, 11) is 0. The minimum Gasteiger partial charge on any atom is -0.465 e. The smallest absolute Gasteiger partial charge is 0.325 e. The van der Waals surface area contributed by atoms with E-state index < -0.39 is 5.97 Å². The Labute approximate surface area is 109 Å². The van der Waals surface area contributed by atoms with E-state index in [1.807, 2.05) is 0 Å². The minimum atomic E-state index is -0.405. The van der Waals surface area contributed by atoms with Gasteiger partial charge in [-0.05, 0) is 38.0 Å². The molecule has 2 N–H and O–H groups in total. The van der Waals surface area contributed by atoms with Gasteiger partial charge in [0.05, 0.1) is 6.61 Å². The maximum absolute atomic E-state index is 11.6. The lowest BCUT2D eigenvalue weighted by atomic mass is 9.80. The highest BCUT2D eigenvalue weighted by Gasteiger charge is 2.24. The summed E-state index contributed by atoms with van der Waals surface area (Å²) in [5, 5.41) is 5.44. The maximum Gasteiger partial charge on any atom is 0.325 e. The molecule has 0 saturated heterocycles. The van der Waals surface area contributed by atoms with Gasteiger partial charge in [-0.1, -0.05) is 13.8 Å². The highest BCUT2D eigenvalue weighted by atomic mass is 16.5. The Morgan fingerprint density at radius 2 is 1.78 bits per heavy atom. The highest BCUT2D eigenvalue weighted by molar-refractivity contribution is 5.80. The molecule has 0 aliphatic heterocycles. The van der Waals surface area contributed by atoms with E-state index in [1.165, 1.54) is 6.42 Å². The van der Waals surface area contributed by atoms with Gasteiger partial charge in [0.2, 0.25) is 0 Å². The predicted molar refractivity (Wildman–Crippen MR) is 69.1 cm³/mol. The first-order valence-electron chi connectivity index (χ1n) is 6.71. The third kappa shape index (κ3) is 5.38. The van der Waals surface area contributed by atoms with E-state index in [0.717, 1.165) is 12.8 Å². The zero-order valence-corrected chi connectivity index (χ0v) is 11.5. The molecule has 1 aliphatic carbocycles. The fourth-order valence-corrected chi connectivity index (χ4v) is 2.67. The molecular formula is C13H24N2O3. The molecule has 2 amide bonds. The van der Waals surface area contributed by atoms with E-state index in [2.05, 4.69) is 24.5 Å². The van der Waals surface area contributed by atoms with Crippen molar-refractivity contribution in [3.8, 4) is 0 Å². The number of urea groups is 1. The molecule has 0 aromatic heterocycles. The van der Waals surface area contributed by atoms with E-state index in [1.54, 1.807) is 6.92 Å². The van der Waals surface area contributed by atoms with Gasteiger partial charge in [-0.3, -0.25) is 4.79 Å². The Kier molecular flexibility index (Phi) is 5.95. The number of esters is 1. The van der Waals surface area contributed by atoms with E-state index in [0.29, 0.717) is 18.4 Å². The number of ether oxygens (including phenoxy) is 1. The average Bonchev–Trinajstić information content (AvgIpc) is 2.25. The summed E-state index contributed by atoms with van der Waals surface area (Å²) >= 11 is 0. The molecule has 5 heteroatoms. The summed E-state index contributed by atoms with van der Waals surface area (Å²) in [6.07, 6.45) is 3.25. The van der Waals surface area contributed by atoms with E-state index in [-0.39, 0.29) is 18.6 Å². The highest BCUT2D eigenvalue weighted by Crippen LogP contribution is 2.28. The van der Waals surface area contributed by atoms with Crippen LogP contribution in [0.1, 0.15) is 40.0 Å². The number of rotatable bonds is 4. The van der Waals surface area contributed by atoms with E-state index in [4.69, 9.17) is 4.74 Å². The maximum atomic E-state index is 11.6. The van der Waals surface area contributed by atoms with Crippen molar-refractivity contribution in [3.63, 3.8) is 0 Å². The zero-order chi connectivity index (χ0) is 13.5. The summed E-state index contributed by atoms with van der Waals surface area (Å²) in [5.41, 5.74) is 0. The molecular weight excluding hydrogens is 232 g/mol. The average molecular weight is 256 g/mol. The van der Waals surface area contributed by atoms with Crippen molar-refractivity contribution in [1.82, 2.24) is 10.6 Å². The quantitative estimate of drug-likeness (QED) is 0.752. The molecule has 0 spiro atoms. The van der Waals surface area contributed by atoms with Crippen LogP contribution in [0.5, 0.6) is 0 Å². The minimum absolute atomic E-state index is 0.0719. The molecule has 2 atom stereocenters. The summed E-state index contributed by atoms with van der Waals surface area (Å²) in [4.78, 5) is 22.7. The van der Waals surface area contributed by atoms with Crippen LogP contribution in [-0.4, -0.2) is 31.2 Å². The number of amides is 2. The number of nitrogens with one attached hydrogen (secondary N) is 2. The first-order chi connectivity index (χ1) is 8.51. The molecule has 0 radical (unpaired) electrons. The Hall–Kier alpha value is -1.26. The molecule has 0 aromatic rings. The molecule has 2 unspecified atom stereocenters. The summed E-state index contributed by atoms with van der Waals surface area (Å²) in [6, 6.07) is -0.0692. The number of hydrogen-bond acceptors (Lipinski definition) is 3. The monoisotopic (exact) mass is 256 g/mol. The van der Waals surface area contributed by atoms with Gasteiger partial charge in [0, 0.05) is 6.04 Å². The second-order valence-electron chi connectivity index (χ2n) is 5.25. The largest absolute Gasteiger partial charge is 0.465 e. The van der Waals surface area contributed by atoms with E-state index >= 15 is 0 Å². The van der Waals surface area contributed by atoms with Crippen molar-refractivity contribution in [3.05, 3.63) is 0 Å². The first-order valence-corrected chi connectivity index (χ1v) is 6.71. The van der Waals surface area contributed by atoms with Crippen molar-refractivity contribution in [1.29, 1.82) is 0 Å². The standard InChI is InChI=1S/C13H24N2O3/c1-4-18-12(16)8-14-13(17)15-11-6-9(2)5-10(3)7-11/h9-11H,4-8H2,1-3H3,(H2,14,15,17). The van der Waals surface area contributed by atoms with Gasteiger partial charge in [-0.15, -0.1) is 0 Å². The number of hydrogen-bond donors (Lipinski definition) is 2. The third-order valence-corrected chi connectivity index (χ3v) is 3.21. The first kappa shape index (κ1) is 14.8. The lowest BCUT2D eigenvalue weighted by molar-refractivity contribution is -0.141. The molecule has 1 rings (SSSR count). The Morgan fingerprint density at radius 1 is 1.17 bits per heavy atom. The SMILES string of the molecule is CCOC(=O)CNC(=O)NC1CC(C)CC(C)C1. The summed E-state index contributed by atoms with van der Waals surface area (Å²) in [6.45, 7) is 6.42. The molecule has 0 heterocycles. The van der Waals surface area contributed by atoms with Gasteiger partial charge in [0.25, 0.3) is 0 Å². The lowest BCUT2D eigenvalue weighted by Gasteiger charge is -2.31. The van der Waals surface area contributed by atoms with Crippen LogP contribution in [0.3, 0.4) is 0 Å². The summed E-state index contributed by atoms with van der Waals surface area (Å²) < 4.78 is 4.73. The van der Waals surface area contributed by atoms with Crippen LogP contribution >= 0.6 is 0 Å². The molecule has 18 heavy (non-hydrogen) atoms. The molecule has 0 aromatic carbocycles. The predicted octanol–water partition coefficient (Wildman–Crippen LogP) is 1.67. The van der Waals surface area contributed by atoms with Gasteiger partial charge in [-0.2, -0.15) is 0 Å². The molecule has 104 valence electrons. The van der Waals surface area contributed by atoms with Crippen LogP contribution in [0.2, 0.25) is 0 Å². The second-order valence-corrected chi connectivity index (χ2v) is 5.25. The van der Waals surface area contributed by atoms with Gasteiger partial charge >= 0.3 is 12.0 Å². The molecule has 5 nitrogen and oxygen atoms in total. The lowest BCUT2D eigenvalue weighted by Crippen LogP contribution is -2.46. The van der Waals surface area contributed by atoms with Crippen molar-refractivity contribution >= 4 is 12.0 Å². The van der Waals surface area contributed by atoms with Crippen LogP contribution < -0.4 is 10.6 Å². The van der Waals surface area contributed by atoms with Gasteiger partial charge in [0.15, 0.2) is 0 Å². The van der Waals surface area contributed by atoms with Crippen LogP contribution in [0, 0.1) is 11.8 Å². The van der Waals surface area contributed by atoms with Gasteiger partial charge < -0.3 is 15.4 Å². The van der Waals surface area contributed by atoms with Crippen molar-refractivity contribution in [2.24, 2.45) is 11.8 Å². The molecule has 1 aliphatic rings. The van der Waals surface area contributed by atoms with Crippen molar-refractivity contribution < 1.29 is 14.3 Å². The third-order valence-electron chi connectivity index (χ3n) is 3.21. The van der Waals surface area contributed by atoms with Crippen LogP contribution in [0.4, 0.5) is 4.79 Å². The number of carbonyl (C=O) groups is 2. The van der Waals surface area contributed by atoms with Crippen LogP contribution in [0.15, 0.2) is 0 Å². The van der Waals surface area contributed by atoms with Crippen molar-refractivity contribution in [2.75, 3.05) is 13.2 Å². The van der Waals surface area contributed by atoms with Crippen LogP contribution in [0.25, 0.3) is 0 Å². The molecule has 0 bridgehead atoms. The molecule has 1 fully saturated rings. The topological polar surface area (TPSA) is 67.4 Å². The molecule has 1 saturated carbocycles. The Morgan fingerprint density at radius 3 is 2.33 bits per heavy atom. The number of carbonyl (C=O) groups excluding carboxylic acids is 2. The Bertz CT molecular complexity index is 284. The van der Waals surface area contributed by atoms with Crippen LogP contribution in [-0.2, 0) is 9.53 Å². The zero-order valence-electron chi connectivity index (χ0n) is 11.5. The summed E-state index contributed by atoms with van der Waals surface area (Å²) in [5.74, 6) is 0.881. The van der Waals surface area contributed by atoms with Gasteiger partial charge in [0.1, 0.15) is 6.54 Å². The normalized spacial score (nSPS) is 27.4. The second kappa shape index (κ2) is 7.24. The van der Waals surface area contributed by atoms with Gasteiger partial charge in [-0.25, -0.2) is 4.79 Å².